The molecule has 0 aliphatic rings. The number of nitriles is 2. The second-order valence-corrected chi connectivity index (χ2v) is 2.69. The SMILES string of the molecule is Cc1ccc(C=C(C#N)C#N)cc1. The van der Waals surface area contributed by atoms with Crippen LogP contribution in [0.2, 0.25) is 0 Å². The third-order valence-electron chi connectivity index (χ3n) is 1.63. The van der Waals surface area contributed by atoms with Crippen LogP contribution in [0, 0.1) is 29.6 Å². The fourth-order valence-electron chi connectivity index (χ4n) is 0.919. The van der Waals surface area contributed by atoms with Crippen molar-refractivity contribution >= 4 is 6.08 Å². The van der Waals surface area contributed by atoms with Gasteiger partial charge in [-0.25, -0.2) is 0 Å². The maximum atomic E-state index is 8.50. The number of nitrogens with zero attached hydrogens (tertiary/aromatic N) is 2. The summed E-state index contributed by atoms with van der Waals surface area (Å²) in [5.74, 6) is 0. The first-order chi connectivity index (χ1) is 6.26. The number of hydrogen-bond acceptors (Lipinski definition) is 2. The molecule has 0 aliphatic heterocycles. The van der Waals surface area contributed by atoms with Crippen LogP contribution in [0.25, 0.3) is 6.08 Å². The van der Waals surface area contributed by atoms with Crippen molar-refractivity contribution in [3.05, 3.63) is 41.0 Å². The summed E-state index contributed by atoms with van der Waals surface area (Å²) in [6, 6.07) is 11.3. The molecule has 0 saturated carbocycles. The van der Waals surface area contributed by atoms with Crippen molar-refractivity contribution in [2.24, 2.45) is 0 Å². The summed E-state index contributed by atoms with van der Waals surface area (Å²) in [7, 11) is 0. The minimum atomic E-state index is 0.129. The lowest BCUT2D eigenvalue weighted by molar-refractivity contribution is 1.45. The van der Waals surface area contributed by atoms with Crippen LogP contribution < -0.4 is 0 Å². The van der Waals surface area contributed by atoms with Crippen LogP contribution in [0.15, 0.2) is 29.8 Å². The van der Waals surface area contributed by atoms with Crippen LogP contribution in [0.5, 0.6) is 0 Å². The van der Waals surface area contributed by atoms with Gasteiger partial charge in [-0.3, -0.25) is 0 Å². The molecule has 1 rings (SSSR count). The Kier molecular flexibility index (Phi) is 2.84. The minimum Gasteiger partial charge on any atom is -0.192 e. The zero-order valence-electron chi connectivity index (χ0n) is 7.28. The van der Waals surface area contributed by atoms with Crippen LogP contribution in [-0.2, 0) is 0 Å². The zero-order valence-corrected chi connectivity index (χ0v) is 7.28. The number of hydrogen-bond donors (Lipinski definition) is 0. The number of rotatable bonds is 1. The summed E-state index contributed by atoms with van der Waals surface area (Å²) in [6.45, 7) is 1.99. The van der Waals surface area contributed by atoms with Crippen molar-refractivity contribution in [1.82, 2.24) is 0 Å². The van der Waals surface area contributed by atoms with Gasteiger partial charge in [0.15, 0.2) is 0 Å². The molecule has 0 unspecified atom stereocenters. The molecule has 62 valence electrons. The van der Waals surface area contributed by atoms with Gasteiger partial charge in [0, 0.05) is 0 Å². The van der Waals surface area contributed by atoms with Crippen molar-refractivity contribution in [2.45, 2.75) is 6.92 Å². The predicted octanol–water partition coefficient (Wildman–Crippen LogP) is 2.43. The fraction of sp³-hybridized carbons (Fsp3) is 0.0909. The molecule has 0 saturated heterocycles. The predicted molar refractivity (Wildman–Crippen MR) is 50.4 cm³/mol. The van der Waals surface area contributed by atoms with Gasteiger partial charge in [-0.05, 0) is 18.6 Å². The lowest BCUT2D eigenvalue weighted by Gasteiger charge is -1.93. The highest BCUT2D eigenvalue weighted by Gasteiger charge is 1.92. The van der Waals surface area contributed by atoms with Gasteiger partial charge in [-0.2, -0.15) is 10.5 Å². The van der Waals surface area contributed by atoms with Crippen molar-refractivity contribution < 1.29 is 0 Å². The molecule has 0 fully saturated rings. The lowest BCUT2D eigenvalue weighted by atomic mass is 10.1. The molecule has 0 N–H and O–H groups in total. The van der Waals surface area contributed by atoms with E-state index in [-0.39, 0.29) is 5.57 Å². The van der Waals surface area contributed by atoms with Gasteiger partial charge in [-0.1, -0.05) is 29.8 Å². The molecule has 0 heterocycles. The summed E-state index contributed by atoms with van der Waals surface area (Å²) < 4.78 is 0. The normalized spacial score (nSPS) is 8.23. The van der Waals surface area contributed by atoms with E-state index >= 15 is 0 Å². The van der Waals surface area contributed by atoms with Crippen molar-refractivity contribution in [1.29, 1.82) is 10.5 Å². The molecule has 0 spiro atoms. The van der Waals surface area contributed by atoms with E-state index in [1.807, 2.05) is 43.3 Å². The van der Waals surface area contributed by atoms with Crippen LogP contribution in [0.4, 0.5) is 0 Å². The summed E-state index contributed by atoms with van der Waals surface area (Å²) in [4.78, 5) is 0. The van der Waals surface area contributed by atoms with Crippen LogP contribution in [0.3, 0.4) is 0 Å². The van der Waals surface area contributed by atoms with Crippen LogP contribution in [-0.4, -0.2) is 0 Å². The summed E-state index contributed by atoms with van der Waals surface area (Å²) in [6.07, 6.45) is 1.57. The van der Waals surface area contributed by atoms with E-state index in [0.29, 0.717) is 0 Å². The maximum absolute atomic E-state index is 8.50. The topological polar surface area (TPSA) is 47.6 Å². The Morgan fingerprint density at radius 3 is 2.15 bits per heavy atom. The molecule has 1 aromatic carbocycles. The second kappa shape index (κ2) is 4.09. The molecule has 13 heavy (non-hydrogen) atoms. The monoisotopic (exact) mass is 168 g/mol. The number of allylic oxidation sites excluding steroid dienone is 1. The van der Waals surface area contributed by atoms with Crippen molar-refractivity contribution in [3.8, 4) is 12.1 Å². The molecule has 0 radical (unpaired) electrons. The van der Waals surface area contributed by atoms with E-state index < -0.39 is 0 Å². The standard InChI is InChI=1S/C11H8N2/c1-9-2-4-10(5-3-9)6-11(7-12)8-13/h2-6H,1H3. The number of benzene rings is 1. The van der Waals surface area contributed by atoms with Gasteiger partial charge in [0.05, 0.1) is 0 Å². The Balaban J connectivity index is 3.00. The first-order valence-electron chi connectivity index (χ1n) is 3.85. The van der Waals surface area contributed by atoms with E-state index in [2.05, 4.69) is 0 Å². The summed E-state index contributed by atoms with van der Waals surface area (Å²) >= 11 is 0. The van der Waals surface area contributed by atoms with Crippen LogP contribution in [0.1, 0.15) is 11.1 Å². The third kappa shape index (κ3) is 2.47. The van der Waals surface area contributed by atoms with Gasteiger partial charge in [0.25, 0.3) is 0 Å². The van der Waals surface area contributed by atoms with Gasteiger partial charge in [0.1, 0.15) is 17.7 Å². The van der Waals surface area contributed by atoms with E-state index in [9.17, 15) is 0 Å². The van der Waals surface area contributed by atoms with E-state index in [4.69, 9.17) is 10.5 Å². The Morgan fingerprint density at radius 2 is 1.69 bits per heavy atom. The Morgan fingerprint density at radius 1 is 1.15 bits per heavy atom. The van der Waals surface area contributed by atoms with Gasteiger partial charge in [0.2, 0.25) is 0 Å². The Labute approximate surface area is 77.4 Å². The van der Waals surface area contributed by atoms with Crippen molar-refractivity contribution in [2.75, 3.05) is 0 Å². The summed E-state index contributed by atoms with van der Waals surface area (Å²) in [5, 5.41) is 17.0. The van der Waals surface area contributed by atoms with E-state index in [1.165, 1.54) is 0 Å². The van der Waals surface area contributed by atoms with E-state index in [1.54, 1.807) is 6.08 Å². The third-order valence-corrected chi connectivity index (χ3v) is 1.63. The molecular weight excluding hydrogens is 160 g/mol. The molecule has 0 bridgehead atoms. The lowest BCUT2D eigenvalue weighted by Crippen LogP contribution is -1.76. The maximum Gasteiger partial charge on any atom is 0.130 e. The molecule has 0 aliphatic carbocycles. The Bertz CT molecular complexity index is 383. The van der Waals surface area contributed by atoms with E-state index in [0.717, 1.165) is 11.1 Å². The smallest absolute Gasteiger partial charge is 0.130 e. The highest BCUT2D eigenvalue weighted by Crippen LogP contribution is 2.07. The molecule has 2 nitrogen and oxygen atoms in total. The highest BCUT2D eigenvalue weighted by atomic mass is 14.3. The molecule has 2 heteroatoms. The molecule has 0 amide bonds. The average Bonchev–Trinajstić information content (AvgIpc) is 2.17. The highest BCUT2D eigenvalue weighted by molar-refractivity contribution is 5.61. The molecule has 1 aromatic rings. The zero-order chi connectivity index (χ0) is 9.68. The largest absolute Gasteiger partial charge is 0.192 e. The van der Waals surface area contributed by atoms with Gasteiger partial charge in [-0.15, -0.1) is 0 Å². The quantitative estimate of drug-likeness (QED) is 0.604. The van der Waals surface area contributed by atoms with Gasteiger partial charge >= 0.3 is 0 Å². The molecule has 0 aromatic heterocycles. The molecular formula is C11H8N2. The number of aryl methyl sites for hydroxylation is 1. The first-order valence-corrected chi connectivity index (χ1v) is 3.85. The van der Waals surface area contributed by atoms with Crippen molar-refractivity contribution in [3.63, 3.8) is 0 Å². The summed E-state index contributed by atoms with van der Waals surface area (Å²) in [5.41, 5.74) is 2.17. The van der Waals surface area contributed by atoms with Crippen LogP contribution >= 0.6 is 0 Å². The first kappa shape index (κ1) is 9.03. The fourth-order valence-corrected chi connectivity index (χ4v) is 0.919. The van der Waals surface area contributed by atoms with Gasteiger partial charge < -0.3 is 0 Å². The second-order valence-electron chi connectivity index (χ2n) is 2.69. The minimum absolute atomic E-state index is 0.129. The molecule has 0 atom stereocenters. The Hall–Kier alpha value is -2.06. The average molecular weight is 168 g/mol.